The SMILES string of the molecule is FC(F)(F)On1ccc2ccc3cccnc3c21. The topological polar surface area (TPSA) is 27.1 Å². The molecular weight excluding hydrogens is 245 g/mol. The Morgan fingerprint density at radius 2 is 1.83 bits per heavy atom. The molecule has 0 aliphatic carbocycles. The molecular formula is C12H7F3N2O. The molecule has 0 atom stereocenters. The van der Waals surface area contributed by atoms with Crippen molar-refractivity contribution in [2.75, 3.05) is 0 Å². The highest BCUT2D eigenvalue weighted by atomic mass is 19.4. The summed E-state index contributed by atoms with van der Waals surface area (Å²) in [7, 11) is 0. The molecule has 6 heteroatoms. The van der Waals surface area contributed by atoms with Crippen molar-refractivity contribution in [1.82, 2.24) is 9.71 Å². The van der Waals surface area contributed by atoms with E-state index >= 15 is 0 Å². The third kappa shape index (κ3) is 1.75. The molecule has 0 saturated heterocycles. The monoisotopic (exact) mass is 252 g/mol. The van der Waals surface area contributed by atoms with Crippen LogP contribution in [0, 0.1) is 0 Å². The summed E-state index contributed by atoms with van der Waals surface area (Å²) in [5, 5.41) is 1.40. The van der Waals surface area contributed by atoms with Crippen LogP contribution in [0.25, 0.3) is 21.8 Å². The molecule has 3 nitrogen and oxygen atoms in total. The van der Waals surface area contributed by atoms with Crippen molar-refractivity contribution in [3.63, 3.8) is 0 Å². The second-order valence-corrected chi connectivity index (χ2v) is 3.76. The van der Waals surface area contributed by atoms with Crippen molar-refractivity contribution < 1.29 is 18.0 Å². The molecule has 3 rings (SSSR count). The van der Waals surface area contributed by atoms with Gasteiger partial charge < -0.3 is 4.84 Å². The molecule has 0 unspecified atom stereocenters. The largest absolute Gasteiger partial charge is 0.591 e. The van der Waals surface area contributed by atoms with Crippen LogP contribution in [0.5, 0.6) is 0 Å². The van der Waals surface area contributed by atoms with Gasteiger partial charge in [0.15, 0.2) is 0 Å². The highest BCUT2D eigenvalue weighted by molar-refractivity contribution is 6.03. The van der Waals surface area contributed by atoms with Crippen molar-refractivity contribution in [3.05, 3.63) is 42.7 Å². The van der Waals surface area contributed by atoms with Gasteiger partial charge in [0.2, 0.25) is 0 Å². The number of aromatic nitrogens is 2. The van der Waals surface area contributed by atoms with Crippen LogP contribution in [0.15, 0.2) is 42.7 Å². The number of alkyl halides is 3. The van der Waals surface area contributed by atoms with Crippen LogP contribution in [0.2, 0.25) is 0 Å². The summed E-state index contributed by atoms with van der Waals surface area (Å²) in [5.41, 5.74) is 0.787. The molecule has 0 fully saturated rings. The van der Waals surface area contributed by atoms with Gasteiger partial charge in [0.1, 0.15) is 5.52 Å². The third-order valence-electron chi connectivity index (χ3n) is 2.59. The maximum absolute atomic E-state index is 12.3. The molecule has 3 aromatic rings. The van der Waals surface area contributed by atoms with Crippen molar-refractivity contribution in [2.45, 2.75) is 6.36 Å². The zero-order chi connectivity index (χ0) is 12.8. The van der Waals surface area contributed by atoms with E-state index in [2.05, 4.69) is 9.82 Å². The first-order valence-corrected chi connectivity index (χ1v) is 5.16. The summed E-state index contributed by atoms with van der Waals surface area (Å²) in [6.07, 6.45) is -1.97. The van der Waals surface area contributed by atoms with Crippen molar-refractivity contribution >= 4 is 21.8 Å². The quantitative estimate of drug-likeness (QED) is 0.665. The van der Waals surface area contributed by atoms with Gasteiger partial charge in [-0.25, -0.2) is 0 Å². The molecule has 92 valence electrons. The highest BCUT2D eigenvalue weighted by Gasteiger charge is 2.32. The molecule has 0 amide bonds. The Hall–Kier alpha value is -2.24. The minimum Gasteiger partial charge on any atom is -0.313 e. The standard InChI is InChI=1S/C12H7F3N2O/c13-12(14,15)18-17-7-5-9-4-3-8-2-1-6-16-10(8)11(9)17/h1-7H. The molecule has 0 radical (unpaired) electrons. The number of halogens is 3. The molecule has 2 heterocycles. The fourth-order valence-corrected chi connectivity index (χ4v) is 1.92. The maximum Gasteiger partial charge on any atom is 0.591 e. The van der Waals surface area contributed by atoms with E-state index in [9.17, 15) is 13.2 Å². The number of nitrogens with zero attached hydrogens (tertiary/aromatic N) is 2. The number of hydrogen-bond donors (Lipinski definition) is 0. The van der Waals surface area contributed by atoms with E-state index in [1.54, 1.807) is 24.3 Å². The van der Waals surface area contributed by atoms with Crippen molar-refractivity contribution in [1.29, 1.82) is 0 Å². The predicted molar refractivity (Wildman–Crippen MR) is 59.9 cm³/mol. The molecule has 0 spiro atoms. The Labute approximate surface area is 99.4 Å². The third-order valence-corrected chi connectivity index (χ3v) is 2.59. The fraction of sp³-hybridized carbons (Fsp3) is 0.0833. The Balaban J connectivity index is 2.30. The molecule has 0 aliphatic heterocycles. The first-order chi connectivity index (χ1) is 8.54. The second kappa shape index (κ2) is 3.63. The fourth-order valence-electron chi connectivity index (χ4n) is 1.92. The van der Waals surface area contributed by atoms with E-state index in [-0.39, 0.29) is 0 Å². The van der Waals surface area contributed by atoms with Gasteiger partial charge in [-0.3, -0.25) is 4.98 Å². The van der Waals surface area contributed by atoms with Gasteiger partial charge in [0.05, 0.1) is 5.52 Å². The maximum atomic E-state index is 12.3. The van der Waals surface area contributed by atoms with Gasteiger partial charge >= 0.3 is 6.36 Å². The van der Waals surface area contributed by atoms with Gasteiger partial charge in [-0.15, -0.1) is 13.2 Å². The average Bonchev–Trinajstić information content (AvgIpc) is 2.70. The number of pyridine rings is 1. The molecule has 0 N–H and O–H groups in total. The number of rotatable bonds is 1. The van der Waals surface area contributed by atoms with Crippen LogP contribution in [0.1, 0.15) is 0 Å². The summed E-state index contributed by atoms with van der Waals surface area (Å²) >= 11 is 0. The van der Waals surface area contributed by atoms with Gasteiger partial charge in [0.25, 0.3) is 0 Å². The lowest BCUT2D eigenvalue weighted by Gasteiger charge is -2.10. The second-order valence-electron chi connectivity index (χ2n) is 3.76. The summed E-state index contributed by atoms with van der Waals surface area (Å²) in [5.74, 6) is 0. The van der Waals surface area contributed by atoms with Gasteiger partial charge in [0, 0.05) is 23.2 Å². The van der Waals surface area contributed by atoms with Crippen LogP contribution in [0.3, 0.4) is 0 Å². The van der Waals surface area contributed by atoms with Gasteiger partial charge in [-0.2, -0.15) is 4.73 Å². The van der Waals surface area contributed by atoms with Crippen molar-refractivity contribution in [2.24, 2.45) is 0 Å². The smallest absolute Gasteiger partial charge is 0.313 e. The average molecular weight is 252 g/mol. The minimum absolute atomic E-state index is 0.311. The van der Waals surface area contributed by atoms with Crippen molar-refractivity contribution in [3.8, 4) is 0 Å². The summed E-state index contributed by atoms with van der Waals surface area (Å²) < 4.78 is 37.5. The lowest BCUT2D eigenvalue weighted by Crippen LogP contribution is -2.26. The molecule has 2 aromatic heterocycles. The highest BCUT2D eigenvalue weighted by Crippen LogP contribution is 2.25. The lowest BCUT2D eigenvalue weighted by molar-refractivity contribution is -0.320. The van der Waals surface area contributed by atoms with E-state index in [0.717, 1.165) is 5.39 Å². The van der Waals surface area contributed by atoms with E-state index in [0.29, 0.717) is 21.2 Å². The van der Waals surface area contributed by atoms with Crippen LogP contribution < -0.4 is 4.84 Å². The molecule has 1 aromatic carbocycles. The van der Waals surface area contributed by atoms with E-state index in [1.807, 2.05) is 6.07 Å². The Morgan fingerprint density at radius 3 is 2.61 bits per heavy atom. The van der Waals surface area contributed by atoms with E-state index in [1.165, 1.54) is 12.4 Å². The number of hydrogen-bond acceptors (Lipinski definition) is 2. The molecule has 0 aliphatic rings. The van der Waals surface area contributed by atoms with Crippen LogP contribution in [0.4, 0.5) is 13.2 Å². The predicted octanol–water partition coefficient (Wildman–Crippen LogP) is 3.14. The van der Waals surface area contributed by atoms with Gasteiger partial charge in [-0.1, -0.05) is 18.2 Å². The van der Waals surface area contributed by atoms with E-state index < -0.39 is 6.36 Å². The Bertz CT molecular complexity index is 718. The Morgan fingerprint density at radius 1 is 1.06 bits per heavy atom. The van der Waals surface area contributed by atoms with E-state index in [4.69, 9.17) is 0 Å². The zero-order valence-electron chi connectivity index (χ0n) is 8.98. The van der Waals surface area contributed by atoms with Crippen LogP contribution in [-0.2, 0) is 0 Å². The Kier molecular flexibility index (Phi) is 2.19. The lowest BCUT2D eigenvalue weighted by atomic mass is 10.1. The van der Waals surface area contributed by atoms with Crippen LogP contribution in [-0.4, -0.2) is 16.1 Å². The normalized spacial score (nSPS) is 12.2. The summed E-state index contributed by atoms with van der Waals surface area (Å²) in [4.78, 5) is 8.04. The summed E-state index contributed by atoms with van der Waals surface area (Å²) in [6.45, 7) is 0. The zero-order valence-corrected chi connectivity index (χ0v) is 8.98. The first kappa shape index (κ1) is 10.9. The first-order valence-electron chi connectivity index (χ1n) is 5.16. The number of benzene rings is 1. The van der Waals surface area contributed by atoms with Crippen LogP contribution >= 0.6 is 0 Å². The summed E-state index contributed by atoms with van der Waals surface area (Å²) in [6, 6.07) is 8.60. The molecule has 18 heavy (non-hydrogen) atoms. The number of fused-ring (bicyclic) bond motifs is 3. The van der Waals surface area contributed by atoms with Gasteiger partial charge in [-0.05, 0) is 12.1 Å². The molecule has 0 bridgehead atoms. The molecule has 0 saturated carbocycles. The minimum atomic E-state index is -4.73.